The van der Waals surface area contributed by atoms with Crippen molar-refractivity contribution in [3.63, 3.8) is 0 Å². The van der Waals surface area contributed by atoms with Gasteiger partial charge in [0.05, 0.1) is 5.02 Å². The van der Waals surface area contributed by atoms with E-state index in [1.165, 1.54) is 0 Å². The number of piperidine rings is 1. The minimum absolute atomic E-state index is 0.0651. The van der Waals surface area contributed by atoms with Crippen molar-refractivity contribution in [1.29, 1.82) is 0 Å². The highest BCUT2D eigenvalue weighted by atomic mass is 35.5. The number of amides is 1. The molecular formula is C16H17Cl2N3O3. The average Bonchev–Trinajstić information content (AvgIpc) is 3.02. The fourth-order valence-electron chi connectivity index (χ4n) is 2.67. The van der Waals surface area contributed by atoms with Crippen molar-refractivity contribution in [1.82, 2.24) is 15.0 Å². The second kappa shape index (κ2) is 7.40. The molecule has 1 fully saturated rings. The van der Waals surface area contributed by atoms with E-state index >= 15 is 0 Å². The van der Waals surface area contributed by atoms with E-state index in [4.69, 9.17) is 32.5 Å². The molecular weight excluding hydrogens is 353 g/mol. The fourth-order valence-corrected chi connectivity index (χ4v) is 3.01. The third kappa shape index (κ3) is 3.99. The quantitative estimate of drug-likeness (QED) is 0.824. The minimum atomic E-state index is -0.0776. The molecule has 1 aromatic carbocycles. The van der Waals surface area contributed by atoms with E-state index in [-0.39, 0.29) is 18.4 Å². The lowest BCUT2D eigenvalue weighted by atomic mass is 9.97. The number of hydrogen-bond donors (Lipinski definition) is 0. The molecule has 128 valence electrons. The number of ether oxygens (including phenoxy) is 1. The van der Waals surface area contributed by atoms with Crippen molar-refractivity contribution in [2.45, 2.75) is 25.7 Å². The van der Waals surface area contributed by atoms with Gasteiger partial charge in [0.15, 0.2) is 12.4 Å². The summed E-state index contributed by atoms with van der Waals surface area (Å²) in [6.45, 7) is 3.00. The van der Waals surface area contributed by atoms with E-state index in [9.17, 15) is 4.79 Å². The van der Waals surface area contributed by atoms with Crippen LogP contribution in [0.5, 0.6) is 5.75 Å². The molecule has 0 N–H and O–H groups in total. The van der Waals surface area contributed by atoms with Gasteiger partial charge in [0.1, 0.15) is 5.75 Å². The van der Waals surface area contributed by atoms with E-state index in [2.05, 4.69) is 10.1 Å². The van der Waals surface area contributed by atoms with Crippen LogP contribution in [-0.4, -0.2) is 40.6 Å². The maximum Gasteiger partial charge on any atom is 0.260 e. The topological polar surface area (TPSA) is 68.5 Å². The normalized spacial score (nSPS) is 15.5. The Kier molecular flexibility index (Phi) is 5.26. The summed E-state index contributed by atoms with van der Waals surface area (Å²) < 4.78 is 10.7. The molecule has 24 heavy (non-hydrogen) atoms. The number of halogens is 2. The van der Waals surface area contributed by atoms with Crippen molar-refractivity contribution in [3.8, 4) is 5.75 Å². The predicted molar refractivity (Wildman–Crippen MR) is 89.5 cm³/mol. The number of benzene rings is 1. The van der Waals surface area contributed by atoms with Gasteiger partial charge in [-0.2, -0.15) is 4.98 Å². The standard InChI is InChI=1S/C16H17Cl2N3O3/c1-10-19-16(24-20-10)11-4-6-21(7-5-11)15(22)9-23-14-8-12(17)2-3-13(14)18/h2-3,8,11H,4-7,9H2,1H3. The second-order valence-electron chi connectivity index (χ2n) is 5.70. The molecule has 1 amide bonds. The van der Waals surface area contributed by atoms with Crippen LogP contribution in [0.1, 0.15) is 30.5 Å². The molecule has 6 nitrogen and oxygen atoms in total. The van der Waals surface area contributed by atoms with Gasteiger partial charge in [0, 0.05) is 30.1 Å². The molecule has 0 atom stereocenters. The maximum absolute atomic E-state index is 12.3. The molecule has 0 saturated carbocycles. The van der Waals surface area contributed by atoms with Crippen molar-refractivity contribution >= 4 is 29.1 Å². The summed E-state index contributed by atoms with van der Waals surface area (Å²) in [4.78, 5) is 18.3. The van der Waals surface area contributed by atoms with Gasteiger partial charge in [-0.3, -0.25) is 4.79 Å². The molecule has 0 bridgehead atoms. The summed E-state index contributed by atoms with van der Waals surface area (Å²) in [7, 11) is 0. The molecule has 2 heterocycles. The van der Waals surface area contributed by atoms with Gasteiger partial charge in [-0.15, -0.1) is 0 Å². The molecule has 1 aliphatic heterocycles. The Morgan fingerprint density at radius 3 is 2.79 bits per heavy atom. The molecule has 0 radical (unpaired) electrons. The van der Waals surface area contributed by atoms with E-state index in [0.29, 0.717) is 40.6 Å². The first-order chi connectivity index (χ1) is 11.5. The number of carbonyl (C=O) groups is 1. The predicted octanol–water partition coefficient (Wildman–Crippen LogP) is 3.47. The Labute approximate surface area is 149 Å². The smallest absolute Gasteiger partial charge is 0.260 e. The Morgan fingerprint density at radius 1 is 1.38 bits per heavy atom. The van der Waals surface area contributed by atoms with Crippen LogP contribution in [0.3, 0.4) is 0 Å². The number of carbonyl (C=O) groups excluding carboxylic acids is 1. The first-order valence-electron chi connectivity index (χ1n) is 7.69. The molecule has 2 aromatic rings. The number of aromatic nitrogens is 2. The number of aryl methyl sites for hydroxylation is 1. The molecule has 3 rings (SSSR count). The lowest BCUT2D eigenvalue weighted by Crippen LogP contribution is -2.40. The van der Waals surface area contributed by atoms with Crippen LogP contribution in [0.4, 0.5) is 0 Å². The van der Waals surface area contributed by atoms with E-state index in [0.717, 1.165) is 12.8 Å². The molecule has 1 saturated heterocycles. The van der Waals surface area contributed by atoms with E-state index in [1.54, 1.807) is 30.0 Å². The number of hydrogen-bond acceptors (Lipinski definition) is 5. The summed E-state index contributed by atoms with van der Waals surface area (Å²) in [6.07, 6.45) is 1.59. The summed E-state index contributed by atoms with van der Waals surface area (Å²) >= 11 is 11.9. The highest BCUT2D eigenvalue weighted by Gasteiger charge is 2.27. The minimum Gasteiger partial charge on any atom is -0.482 e. The summed E-state index contributed by atoms with van der Waals surface area (Å²) in [5.74, 6) is 1.83. The van der Waals surface area contributed by atoms with Crippen LogP contribution in [-0.2, 0) is 4.79 Å². The van der Waals surface area contributed by atoms with Crippen molar-refractivity contribution in [2.24, 2.45) is 0 Å². The van der Waals surface area contributed by atoms with E-state index in [1.807, 2.05) is 0 Å². The Hall–Kier alpha value is -1.79. The van der Waals surface area contributed by atoms with Gasteiger partial charge in [-0.25, -0.2) is 0 Å². The summed E-state index contributed by atoms with van der Waals surface area (Å²) in [5, 5.41) is 4.75. The molecule has 8 heteroatoms. The molecule has 0 spiro atoms. The van der Waals surface area contributed by atoms with Crippen LogP contribution in [0.2, 0.25) is 10.0 Å². The maximum atomic E-state index is 12.3. The highest BCUT2D eigenvalue weighted by molar-refractivity contribution is 6.34. The van der Waals surface area contributed by atoms with Gasteiger partial charge in [-0.1, -0.05) is 28.4 Å². The number of nitrogens with zero attached hydrogens (tertiary/aromatic N) is 3. The third-order valence-corrected chi connectivity index (χ3v) is 4.53. The Bertz CT molecular complexity index is 727. The van der Waals surface area contributed by atoms with Gasteiger partial charge in [0.2, 0.25) is 5.89 Å². The van der Waals surface area contributed by atoms with Crippen LogP contribution in [0.25, 0.3) is 0 Å². The summed E-state index contributed by atoms with van der Waals surface area (Å²) in [6, 6.07) is 4.91. The first kappa shape index (κ1) is 17.0. The zero-order valence-electron chi connectivity index (χ0n) is 13.2. The molecule has 1 aromatic heterocycles. The van der Waals surface area contributed by atoms with E-state index < -0.39 is 0 Å². The van der Waals surface area contributed by atoms with Gasteiger partial charge in [-0.05, 0) is 31.9 Å². The van der Waals surface area contributed by atoms with Gasteiger partial charge in [0.25, 0.3) is 5.91 Å². The highest BCUT2D eigenvalue weighted by Crippen LogP contribution is 2.29. The number of rotatable bonds is 4. The lowest BCUT2D eigenvalue weighted by Gasteiger charge is -2.30. The van der Waals surface area contributed by atoms with Crippen molar-refractivity contribution in [2.75, 3.05) is 19.7 Å². The van der Waals surface area contributed by atoms with Crippen LogP contribution in [0, 0.1) is 6.92 Å². The fraction of sp³-hybridized carbons (Fsp3) is 0.438. The molecule has 0 unspecified atom stereocenters. The zero-order valence-corrected chi connectivity index (χ0v) is 14.7. The Balaban J connectivity index is 1.51. The average molecular weight is 370 g/mol. The SMILES string of the molecule is Cc1noc(C2CCN(C(=O)COc3cc(Cl)ccc3Cl)CC2)n1. The van der Waals surface area contributed by atoms with Crippen molar-refractivity contribution in [3.05, 3.63) is 40.0 Å². The van der Waals surface area contributed by atoms with Crippen LogP contribution in [0.15, 0.2) is 22.7 Å². The monoisotopic (exact) mass is 369 g/mol. The second-order valence-corrected chi connectivity index (χ2v) is 6.54. The van der Waals surface area contributed by atoms with Crippen molar-refractivity contribution < 1.29 is 14.1 Å². The third-order valence-electron chi connectivity index (χ3n) is 3.98. The number of likely N-dealkylation sites (tertiary alicyclic amines) is 1. The molecule has 1 aliphatic rings. The lowest BCUT2D eigenvalue weighted by molar-refractivity contribution is -0.134. The largest absolute Gasteiger partial charge is 0.482 e. The van der Waals surface area contributed by atoms with Crippen LogP contribution < -0.4 is 4.74 Å². The van der Waals surface area contributed by atoms with Gasteiger partial charge < -0.3 is 14.2 Å². The van der Waals surface area contributed by atoms with Crippen LogP contribution >= 0.6 is 23.2 Å². The Morgan fingerprint density at radius 2 is 2.12 bits per heavy atom. The first-order valence-corrected chi connectivity index (χ1v) is 8.44. The zero-order chi connectivity index (χ0) is 17.1. The molecule has 0 aliphatic carbocycles. The summed E-state index contributed by atoms with van der Waals surface area (Å²) in [5.41, 5.74) is 0. The van der Waals surface area contributed by atoms with Gasteiger partial charge >= 0.3 is 0 Å².